The fourth-order valence-electron chi connectivity index (χ4n) is 2.19. The number of hydrogen-bond donors (Lipinski definition) is 2. The maximum atomic E-state index is 11.6. The summed E-state index contributed by atoms with van der Waals surface area (Å²) >= 11 is 0. The number of rotatable bonds is 5. The predicted molar refractivity (Wildman–Crippen MR) is 59.0 cm³/mol. The lowest BCUT2D eigenvalue weighted by Crippen LogP contribution is -2.36. The molecule has 0 spiro atoms. The minimum absolute atomic E-state index is 0.0385. The number of urea groups is 1. The van der Waals surface area contributed by atoms with Gasteiger partial charge in [-0.15, -0.1) is 0 Å². The highest BCUT2D eigenvalue weighted by molar-refractivity contribution is 6.05. The van der Waals surface area contributed by atoms with Crippen LogP contribution in [0.2, 0.25) is 0 Å². The first-order chi connectivity index (χ1) is 7.24. The van der Waals surface area contributed by atoms with Gasteiger partial charge in [-0.25, -0.2) is 4.79 Å². The first-order valence-electron chi connectivity index (χ1n) is 5.91. The Labute approximate surface area is 90.5 Å². The van der Waals surface area contributed by atoms with Gasteiger partial charge >= 0.3 is 6.03 Å². The molecule has 4 heteroatoms. The van der Waals surface area contributed by atoms with Crippen LogP contribution in [0.15, 0.2) is 0 Å². The van der Waals surface area contributed by atoms with Gasteiger partial charge in [-0.05, 0) is 19.3 Å². The molecule has 0 bridgehead atoms. The topological polar surface area (TPSA) is 56.2 Å². The number of nitrogens with one attached hydrogen (secondary N) is 2. The maximum absolute atomic E-state index is 11.6. The largest absolute Gasteiger partial charge is 0.323 e. The molecule has 1 aliphatic carbocycles. The van der Waals surface area contributed by atoms with Crippen molar-refractivity contribution in [1.29, 1.82) is 5.41 Å². The molecule has 0 aromatic rings. The van der Waals surface area contributed by atoms with E-state index in [2.05, 4.69) is 12.2 Å². The van der Waals surface area contributed by atoms with E-state index in [0.717, 1.165) is 25.7 Å². The van der Waals surface area contributed by atoms with Crippen molar-refractivity contribution in [1.82, 2.24) is 10.2 Å². The average Bonchev–Trinajstić information content (AvgIpc) is 2.96. The molecule has 1 saturated heterocycles. The van der Waals surface area contributed by atoms with Crippen LogP contribution in [0, 0.1) is 5.41 Å². The molecule has 1 unspecified atom stereocenters. The lowest BCUT2D eigenvalue weighted by molar-refractivity contribution is 0.199. The number of carbonyl (C=O) groups is 1. The second-order valence-electron chi connectivity index (χ2n) is 4.49. The standard InChI is InChI=1S/C11H19N3O/c1-2-3-4-5-9-10(12)13-11(15)14(9)8-6-7-8/h8-9H,2-7H2,1H3,(H2,12,13,15). The first-order valence-corrected chi connectivity index (χ1v) is 5.91. The summed E-state index contributed by atoms with van der Waals surface area (Å²) < 4.78 is 0. The molecule has 0 aromatic heterocycles. The van der Waals surface area contributed by atoms with Gasteiger partial charge < -0.3 is 4.90 Å². The Bertz CT molecular complexity index is 273. The maximum Gasteiger partial charge on any atom is 0.323 e. The Kier molecular flexibility index (Phi) is 2.93. The Morgan fingerprint density at radius 1 is 1.47 bits per heavy atom. The van der Waals surface area contributed by atoms with Crippen molar-refractivity contribution in [2.24, 2.45) is 0 Å². The average molecular weight is 209 g/mol. The summed E-state index contributed by atoms with van der Waals surface area (Å²) in [5, 5.41) is 10.4. The van der Waals surface area contributed by atoms with Crippen molar-refractivity contribution in [2.45, 2.75) is 57.5 Å². The van der Waals surface area contributed by atoms with Crippen LogP contribution in [0.25, 0.3) is 0 Å². The summed E-state index contributed by atoms with van der Waals surface area (Å²) in [4.78, 5) is 13.5. The molecule has 2 amide bonds. The molecule has 1 atom stereocenters. The zero-order valence-electron chi connectivity index (χ0n) is 9.25. The van der Waals surface area contributed by atoms with Crippen LogP contribution in [0.3, 0.4) is 0 Å². The van der Waals surface area contributed by atoms with Crippen LogP contribution in [0.1, 0.15) is 45.4 Å². The van der Waals surface area contributed by atoms with E-state index in [-0.39, 0.29) is 12.1 Å². The van der Waals surface area contributed by atoms with Crippen LogP contribution in [0.5, 0.6) is 0 Å². The number of unbranched alkanes of at least 4 members (excludes halogenated alkanes) is 2. The molecule has 2 N–H and O–H groups in total. The molecular formula is C11H19N3O. The third-order valence-electron chi connectivity index (χ3n) is 3.17. The van der Waals surface area contributed by atoms with E-state index in [1.165, 1.54) is 12.8 Å². The fraction of sp³-hybridized carbons (Fsp3) is 0.818. The molecule has 1 heterocycles. The summed E-state index contributed by atoms with van der Waals surface area (Å²) in [5.41, 5.74) is 0. The number of hydrogen-bond acceptors (Lipinski definition) is 2. The highest BCUT2D eigenvalue weighted by Crippen LogP contribution is 2.32. The highest BCUT2D eigenvalue weighted by atomic mass is 16.2. The SMILES string of the molecule is CCCCCC1C(=N)NC(=O)N1C1CC1. The fourth-order valence-corrected chi connectivity index (χ4v) is 2.19. The van der Waals surface area contributed by atoms with Gasteiger partial charge in [0.25, 0.3) is 0 Å². The normalized spacial score (nSPS) is 25.9. The first kappa shape index (κ1) is 10.5. The van der Waals surface area contributed by atoms with E-state index >= 15 is 0 Å². The molecule has 2 fully saturated rings. The Hall–Kier alpha value is -1.06. The highest BCUT2D eigenvalue weighted by Gasteiger charge is 2.43. The zero-order chi connectivity index (χ0) is 10.8. The van der Waals surface area contributed by atoms with Crippen molar-refractivity contribution >= 4 is 11.9 Å². The van der Waals surface area contributed by atoms with Crippen LogP contribution in [-0.4, -0.2) is 28.9 Å². The van der Waals surface area contributed by atoms with Crippen molar-refractivity contribution in [2.75, 3.05) is 0 Å². The molecule has 1 saturated carbocycles. The zero-order valence-corrected chi connectivity index (χ0v) is 9.25. The molecule has 15 heavy (non-hydrogen) atoms. The van der Waals surface area contributed by atoms with Gasteiger partial charge in [-0.1, -0.05) is 26.2 Å². The summed E-state index contributed by atoms with van der Waals surface area (Å²) in [6, 6.07) is 0.403. The van der Waals surface area contributed by atoms with Gasteiger partial charge in [-0.3, -0.25) is 10.7 Å². The number of carbonyl (C=O) groups excluding carboxylic acids is 1. The van der Waals surface area contributed by atoms with Crippen LogP contribution in [0.4, 0.5) is 4.79 Å². The van der Waals surface area contributed by atoms with E-state index in [4.69, 9.17) is 5.41 Å². The van der Waals surface area contributed by atoms with Gasteiger partial charge in [0.2, 0.25) is 0 Å². The lowest BCUT2D eigenvalue weighted by Gasteiger charge is -2.21. The summed E-state index contributed by atoms with van der Waals surface area (Å²) in [7, 11) is 0. The molecule has 1 aliphatic heterocycles. The van der Waals surface area contributed by atoms with E-state index < -0.39 is 0 Å². The quantitative estimate of drug-likeness (QED) is 0.669. The number of nitrogens with zero attached hydrogens (tertiary/aromatic N) is 1. The second kappa shape index (κ2) is 4.21. The van der Waals surface area contributed by atoms with Gasteiger partial charge in [-0.2, -0.15) is 0 Å². The molecule has 0 radical (unpaired) electrons. The summed E-state index contributed by atoms with van der Waals surface area (Å²) in [5.74, 6) is 0.406. The Morgan fingerprint density at radius 2 is 2.20 bits per heavy atom. The Morgan fingerprint density at radius 3 is 2.80 bits per heavy atom. The number of amidine groups is 1. The minimum Gasteiger partial charge on any atom is -0.311 e. The molecule has 84 valence electrons. The molecule has 0 aromatic carbocycles. The monoisotopic (exact) mass is 209 g/mol. The van der Waals surface area contributed by atoms with Crippen LogP contribution >= 0.6 is 0 Å². The Balaban J connectivity index is 1.93. The van der Waals surface area contributed by atoms with Crippen molar-refractivity contribution in [3.63, 3.8) is 0 Å². The second-order valence-corrected chi connectivity index (χ2v) is 4.49. The van der Waals surface area contributed by atoms with Gasteiger partial charge in [0.15, 0.2) is 0 Å². The molecule has 4 nitrogen and oxygen atoms in total. The molecule has 2 rings (SSSR count). The van der Waals surface area contributed by atoms with Gasteiger partial charge in [0, 0.05) is 6.04 Å². The van der Waals surface area contributed by atoms with E-state index in [1.807, 2.05) is 4.90 Å². The van der Waals surface area contributed by atoms with E-state index in [9.17, 15) is 4.79 Å². The summed E-state index contributed by atoms with van der Waals surface area (Å²) in [6.07, 6.45) is 6.67. The van der Waals surface area contributed by atoms with Crippen molar-refractivity contribution < 1.29 is 4.79 Å². The van der Waals surface area contributed by atoms with Crippen molar-refractivity contribution in [3.8, 4) is 0 Å². The molecular weight excluding hydrogens is 190 g/mol. The van der Waals surface area contributed by atoms with Gasteiger partial charge in [0.1, 0.15) is 5.84 Å². The van der Waals surface area contributed by atoms with Crippen molar-refractivity contribution in [3.05, 3.63) is 0 Å². The van der Waals surface area contributed by atoms with Gasteiger partial charge in [0.05, 0.1) is 6.04 Å². The van der Waals surface area contributed by atoms with E-state index in [1.54, 1.807) is 0 Å². The third kappa shape index (κ3) is 2.13. The third-order valence-corrected chi connectivity index (χ3v) is 3.17. The van der Waals surface area contributed by atoms with Crippen LogP contribution < -0.4 is 5.32 Å². The predicted octanol–water partition coefficient (Wildman–Crippen LogP) is 2.10. The molecule has 2 aliphatic rings. The smallest absolute Gasteiger partial charge is 0.311 e. The number of amides is 2. The minimum atomic E-state index is -0.0519. The summed E-state index contributed by atoms with van der Waals surface area (Å²) in [6.45, 7) is 2.17. The lowest BCUT2D eigenvalue weighted by atomic mass is 10.1. The van der Waals surface area contributed by atoms with Crippen LogP contribution in [-0.2, 0) is 0 Å². The van der Waals surface area contributed by atoms with E-state index in [0.29, 0.717) is 11.9 Å².